The van der Waals surface area contributed by atoms with Crippen molar-refractivity contribution in [2.24, 2.45) is 14.1 Å². The second kappa shape index (κ2) is 8.40. The minimum atomic E-state index is -0.794. The molecule has 0 saturated carbocycles. The van der Waals surface area contributed by atoms with E-state index in [0.29, 0.717) is 12.0 Å². The summed E-state index contributed by atoms with van der Waals surface area (Å²) < 4.78 is 9.80. The summed E-state index contributed by atoms with van der Waals surface area (Å²) in [7, 11) is 5.19. The summed E-state index contributed by atoms with van der Waals surface area (Å²) in [5.41, 5.74) is 2.28. The molecule has 1 aromatic carbocycles. The van der Waals surface area contributed by atoms with Gasteiger partial charge in [0.25, 0.3) is 5.91 Å². The molecule has 3 rings (SSSR count). The second-order valence-electron chi connectivity index (χ2n) is 6.44. The third-order valence-electron chi connectivity index (χ3n) is 4.61. The smallest absolute Gasteiger partial charge is 0.328 e. The predicted octanol–water partition coefficient (Wildman–Crippen LogP) is 2.33. The first-order chi connectivity index (χ1) is 13.3. The number of carbonyl (C=O) groups is 2. The molecule has 0 aliphatic heterocycles. The summed E-state index contributed by atoms with van der Waals surface area (Å²) in [6.45, 7) is 0. The number of aromatic amines is 1. The molecule has 3 aromatic rings. The van der Waals surface area contributed by atoms with Crippen LogP contribution in [0.3, 0.4) is 0 Å². The summed E-state index contributed by atoms with van der Waals surface area (Å²) >= 11 is 5.01. The molecule has 9 heteroatoms. The molecule has 28 heavy (non-hydrogen) atoms. The highest BCUT2D eigenvalue weighted by Gasteiger charge is 2.29. The van der Waals surface area contributed by atoms with Crippen LogP contribution >= 0.6 is 27.7 Å². The number of aromatic nitrogens is 3. The van der Waals surface area contributed by atoms with Crippen LogP contribution in [0.5, 0.6) is 0 Å². The lowest BCUT2D eigenvalue weighted by molar-refractivity contribution is -0.707. The summed E-state index contributed by atoms with van der Waals surface area (Å²) in [6.07, 6.45) is 5.90. The van der Waals surface area contributed by atoms with E-state index in [0.717, 1.165) is 26.1 Å². The Bertz CT molecular complexity index is 1040. The zero-order valence-electron chi connectivity index (χ0n) is 16.1. The van der Waals surface area contributed by atoms with Crippen molar-refractivity contribution in [2.45, 2.75) is 17.5 Å². The third-order valence-corrected chi connectivity index (χ3v) is 6.01. The van der Waals surface area contributed by atoms with Crippen LogP contribution in [0, 0.1) is 0 Å². The largest absolute Gasteiger partial charge is 0.467 e. The van der Waals surface area contributed by atoms with Crippen molar-refractivity contribution >= 4 is 50.5 Å². The number of aryl methyl sites for hydroxylation is 2. The van der Waals surface area contributed by atoms with E-state index in [9.17, 15) is 9.59 Å². The molecule has 148 valence electrons. The predicted molar refractivity (Wildman–Crippen MR) is 111 cm³/mol. The molecule has 0 aliphatic rings. The number of benzene rings is 1. The highest BCUT2D eigenvalue weighted by atomic mass is 79.9. The number of H-pyrrole nitrogens is 1. The summed E-state index contributed by atoms with van der Waals surface area (Å²) in [6, 6.07) is 4.84. The van der Waals surface area contributed by atoms with Gasteiger partial charge in [-0.25, -0.2) is 13.9 Å². The molecule has 2 aromatic heterocycles. The number of ether oxygens (including phenoxy) is 1. The lowest BCUT2D eigenvalue weighted by Gasteiger charge is -2.15. The third kappa shape index (κ3) is 3.95. The number of fused-ring (bicyclic) bond motifs is 1. The zero-order valence-corrected chi connectivity index (χ0v) is 18.5. The second-order valence-corrected chi connectivity index (χ2v) is 8.15. The Kier molecular flexibility index (Phi) is 6.14. The van der Waals surface area contributed by atoms with Gasteiger partial charge < -0.3 is 15.0 Å². The number of esters is 1. The van der Waals surface area contributed by atoms with E-state index < -0.39 is 12.0 Å². The minimum Gasteiger partial charge on any atom is -0.467 e. The first kappa shape index (κ1) is 20.5. The van der Waals surface area contributed by atoms with Gasteiger partial charge in [0, 0.05) is 28.0 Å². The van der Waals surface area contributed by atoms with E-state index in [1.165, 1.54) is 7.11 Å². The van der Waals surface area contributed by atoms with Crippen molar-refractivity contribution in [3.8, 4) is 0 Å². The fourth-order valence-electron chi connectivity index (χ4n) is 3.28. The van der Waals surface area contributed by atoms with Gasteiger partial charge >= 0.3 is 5.97 Å². The maximum absolute atomic E-state index is 12.9. The molecule has 0 bridgehead atoms. The van der Waals surface area contributed by atoms with Crippen LogP contribution in [0.2, 0.25) is 0 Å². The van der Waals surface area contributed by atoms with Gasteiger partial charge in [-0.15, -0.1) is 0 Å². The lowest BCUT2D eigenvalue weighted by Crippen LogP contribution is -2.43. The monoisotopic (exact) mass is 465 g/mol. The number of imidazole rings is 1. The number of hydrogen-bond donors (Lipinski definition) is 2. The Morgan fingerprint density at radius 1 is 1.43 bits per heavy atom. The van der Waals surface area contributed by atoms with E-state index >= 15 is 0 Å². The molecule has 2 N–H and O–H groups in total. The van der Waals surface area contributed by atoms with Gasteiger partial charge in [-0.2, -0.15) is 0 Å². The van der Waals surface area contributed by atoms with Crippen molar-refractivity contribution in [1.82, 2.24) is 14.9 Å². The van der Waals surface area contributed by atoms with Crippen LogP contribution in [0.25, 0.3) is 10.9 Å². The highest BCUT2D eigenvalue weighted by Crippen LogP contribution is 2.23. The van der Waals surface area contributed by atoms with Crippen LogP contribution in [0.4, 0.5) is 0 Å². The molecule has 2 heterocycles. The normalized spacial score (nSPS) is 12.2. The topological polar surface area (TPSA) is 80.0 Å². The van der Waals surface area contributed by atoms with Crippen LogP contribution in [-0.4, -0.2) is 40.8 Å². The molecule has 1 amide bonds. The number of hydrogen-bond acceptors (Lipinski definition) is 4. The number of methoxy groups -OCH3 is 1. The molecule has 1 atom stereocenters. The average molecular weight is 466 g/mol. The maximum Gasteiger partial charge on any atom is 0.328 e. The number of nitrogens with one attached hydrogen (secondary N) is 2. The molecule has 0 spiro atoms. The molecule has 0 aliphatic carbocycles. The van der Waals surface area contributed by atoms with Gasteiger partial charge in [0.1, 0.15) is 6.04 Å². The fraction of sp³-hybridized carbons (Fsp3) is 0.316. The van der Waals surface area contributed by atoms with Crippen molar-refractivity contribution < 1.29 is 18.9 Å². The van der Waals surface area contributed by atoms with Gasteiger partial charge in [-0.05, 0) is 18.4 Å². The fourth-order valence-corrected chi connectivity index (χ4v) is 4.44. The van der Waals surface area contributed by atoms with Crippen molar-refractivity contribution in [3.63, 3.8) is 0 Å². The minimum absolute atomic E-state index is 0.326. The van der Waals surface area contributed by atoms with E-state index in [1.807, 2.05) is 54.0 Å². The summed E-state index contributed by atoms with van der Waals surface area (Å²) in [5, 5.41) is 4.66. The van der Waals surface area contributed by atoms with E-state index in [-0.39, 0.29) is 5.91 Å². The first-order valence-corrected chi connectivity index (χ1v) is 10.6. The molecule has 0 saturated heterocycles. The number of nitrogens with zero attached hydrogens (tertiary/aromatic N) is 2. The van der Waals surface area contributed by atoms with E-state index in [4.69, 9.17) is 4.74 Å². The molecular weight excluding hydrogens is 444 g/mol. The van der Waals surface area contributed by atoms with Crippen molar-refractivity contribution in [2.75, 3.05) is 13.4 Å². The number of carbonyl (C=O) groups excluding carboxylic acids is 2. The number of thioether (sulfide) groups is 1. The number of halogens is 1. The lowest BCUT2D eigenvalue weighted by atomic mass is 10.1. The van der Waals surface area contributed by atoms with Gasteiger partial charge in [0.05, 0.1) is 26.8 Å². The van der Waals surface area contributed by atoms with Crippen LogP contribution in [0.1, 0.15) is 16.1 Å². The van der Waals surface area contributed by atoms with Gasteiger partial charge in [0.2, 0.25) is 11.4 Å². The number of amides is 1. The first-order valence-electron chi connectivity index (χ1n) is 8.58. The van der Waals surface area contributed by atoms with Crippen LogP contribution in [0.15, 0.2) is 40.2 Å². The highest BCUT2D eigenvalue weighted by molar-refractivity contribution is 9.10. The Hall–Kier alpha value is -2.26. The Morgan fingerprint density at radius 3 is 2.86 bits per heavy atom. The molecule has 0 radical (unpaired) electrons. The van der Waals surface area contributed by atoms with Gasteiger partial charge in [0.15, 0.2) is 5.69 Å². The molecular formula is C19H22BrN4O3S+. The Labute approximate surface area is 175 Å². The standard InChI is InChI=1S/C19H21BrN4O3S/c1-23-10-24(2)18(28-4)16(23)8-15(19(26)27-3)22-17(25)13-9-21-14-7-11(20)5-6-12(13)14/h5-7,9-10,15H,8H2,1-4H3,(H-,21,22,25)/p+1. The van der Waals surface area contributed by atoms with Crippen molar-refractivity contribution in [3.05, 3.63) is 46.5 Å². The Balaban J connectivity index is 1.88. The summed E-state index contributed by atoms with van der Waals surface area (Å²) in [4.78, 5) is 28.4. The number of rotatable bonds is 6. The van der Waals surface area contributed by atoms with Crippen molar-refractivity contribution in [1.29, 1.82) is 0 Å². The average Bonchev–Trinajstić information content (AvgIpc) is 3.20. The van der Waals surface area contributed by atoms with Gasteiger partial charge in [-0.1, -0.05) is 33.8 Å². The summed E-state index contributed by atoms with van der Waals surface area (Å²) in [5.74, 6) is -0.805. The van der Waals surface area contributed by atoms with Crippen LogP contribution in [-0.2, 0) is 30.0 Å². The van der Waals surface area contributed by atoms with Crippen LogP contribution < -0.4 is 9.88 Å². The van der Waals surface area contributed by atoms with Gasteiger partial charge in [-0.3, -0.25) is 4.79 Å². The molecule has 7 nitrogen and oxygen atoms in total. The SMILES string of the molecule is COC(=O)C(Cc1c(SC)[n+](C)cn1C)NC(=O)c1c[nH]c2cc(Br)ccc12. The quantitative estimate of drug-likeness (QED) is 0.332. The maximum atomic E-state index is 12.9. The molecule has 1 unspecified atom stereocenters. The van der Waals surface area contributed by atoms with E-state index in [1.54, 1.807) is 18.0 Å². The zero-order chi connectivity index (χ0) is 20.4. The molecule has 0 fully saturated rings. The Morgan fingerprint density at radius 2 is 2.18 bits per heavy atom. The van der Waals surface area contributed by atoms with E-state index in [2.05, 4.69) is 26.2 Å².